The van der Waals surface area contributed by atoms with Crippen molar-refractivity contribution in [1.29, 1.82) is 0 Å². The molecule has 1 N–H and O–H groups in total. The molecule has 1 aromatic heterocycles. The van der Waals surface area contributed by atoms with Gasteiger partial charge in [0.05, 0.1) is 12.8 Å². The van der Waals surface area contributed by atoms with Crippen molar-refractivity contribution in [2.75, 3.05) is 7.11 Å². The Kier molecular flexibility index (Phi) is 3.10. The first-order valence-electron chi connectivity index (χ1n) is 4.69. The Morgan fingerprint density at radius 2 is 2.25 bits per heavy atom. The van der Waals surface area contributed by atoms with Crippen LogP contribution in [0, 0.1) is 5.82 Å². The van der Waals surface area contributed by atoms with Crippen LogP contribution in [0.4, 0.5) is 4.39 Å². The molecular weight excluding hydrogens is 231 g/mol. The maximum Gasteiger partial charge on any atom is 0.124 e. The molecule has 3 nitrogen and oxygen atoms in total. The Balaban J connectivity index is 2.42. The number of aromatic amines is 1. The van der Waals surface area contributed by atoms with Gasteiger partial charge in [0.2, 0.25) is 0 Å². The predicted octanol–water partition coefficient (Wildman–Crippen LogP) is 2.89. The van der Waals surface area contributed by atoms with Gasteiger partial charge in [-0.3, -0.25) is 5.10 Å². The summed E-state index contributed by atoms with van der Waals surface area (Å²) >= 11 is 6.21. The van der Waals surface area contributed by atoms with Gasteiger partial charge in [0.1, 0.15) is 16.9 Å². The Bertz CT molecular complexity index is 473. The van der Waals surface area contributed by atoms with Crippen molar-refractivity contribution in [2.45, 2.75) is 5.38 Å². The van der Waals surface area contributed by atoms with Crippen LogP contribution in [0.5, 0.6) is 5.75 Å². The molecule has 84 valence electrons. The number of benzene rings is 1. The van der Waals surface area contributed by atoms with Crippen molar-refractivity contribution >= 4 is 11.6 Å². The number of aromatic nitrogens is 2. The van der Waals surface area contributed by atoms with Gasteiger partial charge in [-0.1, -0.05) is 0 Å². The largest absolute Gasteiger partial charge is 0.496 e. The van der Waals surface area contributed by atoms with Crippen LogP contribution in [0.1, 0.15) is 16.6 Å². The first-order chi connectivity index (χ1) is 7.72. The highest BCUT2D eigenvalue weighted by Crippen LogP contribution is 2.34. The van der Waals surface area contributed by atoms with E-state index in [9.17, 15) is 4.39 Å². The van der Waals surface area contributed by atoms with Crippen LogP contribution in [0.3, 0.4) is 0 Å². The summed E-state index contributed by atoms with van der Waals surface area (Å²) in [5.74, 6) is 0.206. The zero-order valence-electron chi connectivity index (χ0n) is 8.58. The number of hydrogen-bond acceptors (Lipinski definition) is 2. The van der Waals surface area contributed by atoms with Gasteiger partial charge < -0.3 is 4.74 Å². The third-order valence-corrected chi connectivity index (χ3v) is 2.73. The maximum atomic E-state index is 13.1. The molecule has 0 aliphatic carbocycles. The molecule has 1 aromatic carbocycles. The molecule has 0 spiro atoms. The summed E-state index contributed by atoms with van der Waals surface area (Å²) in [7, 11) is 1.52. The van der Waals surface area contributed by atoms with Crippen molar-refractivity contribution in [3.63, 3.8) is 0 Å². The third-order valence-electron chi connectivity index (χ3n) is 2.26. The number of hydrogen-bond donors (Lipinski definition) is 1. The van der Waals surface area contributed by atoms with Crippen molar-refractivity contribution in [3.8, 4) is 5.75 Å². The topological polar surface area (TPSA) is 37.9 Å². The molecule has 0 aliphatic heterocycles. The molecule has 0 saturated heterocycles. The molecule has 1 atom stereocenters. The van der Waals surface area contributed by atoms with E-state index in [1.807, 2.05) is 0 Å². The van der Waals surface area contributed by atoms with Gasteiger partial charge in [-0.05, 0) is 24.3 Å². The monoisotopic (exact) mass is 240 g/mol. The molecule has 1 heterocycles. The van der Waals surface area contributed by atoms with Crippen LogP contribution in [-0.4, -0.2) is 17.3 Å². The van der Waals surface area contributed by atoms with Gasteiger partial charge in [-0.2, -0.15) is 5.10 Å². The van der Waals surface area contributed by atoms with E-state index >= 15 is 0 Å². The number of nitrogens with one attached hydrogen (secondary N) is 1. The highest BCUT2D eigenvalue weighted by atomic mass is 35.5. The summed E-state index contributed by atoms with van der Waals surface area (Å²) in [6, 6.07) is 5.98. The Labute approximate surface area is 97.2 Å². The van der Waals surface area contributed by atoms with Gasteiger partial charge in [-0.15, -0.1) is 11.6 Å². The number of rotatable bonds is 3. The lowest BCUT2D eigenvalue weighted by atomic mass is 10.1. The minimum Gasteiger partial charge on any atom is -0.496 e. The van der Waals surface area contributed by atoms with Crippen LogP contribution in [0.15, 0.2) is 30.5 Å². The number of alkyl halides is 1. The van der Waals surface area contributed by atoms with Gasteiger partial charge in [0.25, 0.3) is 0 Å². The smallest absolute Gasteiger partial charge is 0.124 e. The molecule has 0 saturated carbocycles. The zero-order valence-corrected chi connectivity index (χ0v) is 9.33. The lowest BCUT2D eigenvalue weighted by Crippen LogP contribution is -1.98. The highest BCUT2D eigenvalue weighted by Gasteiger charge is 2.17. The Hall–Kier alpha value is -1.55. The molecule has 5 heteroatoms. The van der Waals surface area contributed by atoms with Crippen molar-refractivity contribution in [1.82, 2.24) is 10.2 Å². The summed E-state index contributed by atoms with van der Waals surface area (Å²) in [6.07, 6.45) is 1.59. The second-order valence-electron chi connectivity index (χ2n) is 3.26. The standard InChI is InChI=1S/C11H10ClFN2O/c1-16-10-3-2-7(13)6-8(10)11(12)9-4-5-14-15-9/h2-6,11H,1H3,(H,14,15). The second-order valence-corrected chi connectivity index (χ2v) is 3.70. The van der Waals surface area contributed by atoms with Crippen LogP contribution in [-0.2, 0) is 0 Å². The van der Waals surface area contributed by atoms with Crippen LogP contribution >= 0.6 is 11.6 Å². The maximum absolute atomic E-state index is 13.1. The van der Waals surface area contributed by atoms with Crippen molar-refractivity contribution in [3.05, 3.63) is 47.5 Å². The van der Waals surface area contributed by atoms with Gasteiger partial charge in [0.15, 0.2) is 0 Å². The molecule has 1 unspecified atom stereocenters. The first-order valence-corrected chi connectivity index (χ1v) is 5.13. The molecule has 0 radical (unpaired) electrons. The fraction of sp³-hybridized carbons (Fsp3) is 0.182. The van der Waals surface area contributed by atoms with Gasteiger partial charge in [-0.25, -0.2) is 4.39 Å². The van der Waals surface area contributed by atoms with Crippen LogP contribution in [0.25, 0.3) is 0 Å². The summed E-state index contributed by atoms with van der Waals surface area (Å²) in [4.78, 5) is 0. The minimum absolute atomic E-state index is 0.346. The fourth-order valence-electron chi connectivity index (χ4n) is 1.48. The molecule has 0 amide bonds. The van der Waals surface area contributed by atoms with Crippen LogP contribution in [0.2, 0.25) is 0 Å². The molecule has 2 aromatic rings. The average Bonchev–Trinajstić information content (AvgIpc) is 2.81. The van der Waals surface area contributed by atoms with Crippen LogP contribution < -0.4 is 4.74 Å². The van der Waals surface area contributed by atoms with Crippen molar-refractivity contribution in [2.24, 2.45) is 0 Å². The van der Waals surface area contributed by atoms with Gasteiger partial charge >= 0.3 is 0 Å². The van der Waals surface area contributed by atoms with E-state index in [1.54, 1.807) is 18.3 Å². The summed E-state index contributed by atoms with van der Waals surface area (Å²) in [5.41, 5.74) is 1.28. The zero-order chi connectivity index (χ0) is 11.5. The Morgan fingerprint density at radius 3 is 2.88 bits per heavy atom. The van der Waals surface area contributed by atoms with E-state index in [-0.39, 0.29) is 5.82 Å². The van der Waals surface area contributed by atoms with Crippen molar-refractivity contribution < 1.29 is 9.13 Å². The summed E-state index contributed by atoms with van der Waals surface area (Å²) in [6.45, 7) is 0. The Morgan fingerprint density at radius 1 is 1.44 bits per heavy atom. The summed E-state index contributed by atoms with van der Waals surface area (Å²) in [5, 5.41) is 6.04. The highest BCUT2D eigenvalue weighted by molar-refractivity contribution is 6.22. The lowest BCUT2D eigenvalue weighted by molar-refractivity contribution is 0.408. The first kappa shape index (κ1) is 11.0. The summed E-state index contributed by atoms with van der Waals surface area (Å²) < 4.78 is 18.3. The number of H-pyrrole nitrogens is 1. The SMILES string of the molecule is COc1ccc(F)cc1C(Cl)c1ccn[nH]1. The van der Waals surface area contributed by atoms with E-state index in [0.717, 1.165) is 0 Å². The number of methoxy groups -OCH3 is 1. The predicted molar refractivity (Wildman–Crippen MR) is 59.2 cm³/mol. The quantitative estimate of drug-likeness (QED) is 0.838. The number of ether oxygens (including phenoxy) is 1. The second kappa shape index (κ2) is 4.53. The van der Waals surface area contributed by atoms with E-state index < -0.39 is 5.38 Å². The number of halogens is 2. The average molecular weight is 241 g/mol. The molecule has 16 heavy (non-hydrogen) atoms. The normalized spacial score (nSPS) is 12.4. The molecule has 0 bridgehead atoms. The molecular formula is C11H10ClFN2O. The van der Waals surface area contributed by atoms with E-state index in [2.05, 4.69) is 10.2 Å². The fourth-order valence-corrected chi connectivity index (χ4v) is 1.77. The van der Waals surface area contributed by atoms with Gasteiger partial charge in [0, 0.05) is 11.8 Å². The molecule has 0 fully saturated rings. The number of nitrogens with zero attached hydrogens (tertiary/aromatic N) is 1. The van der Waals surface area contributed by atoms with E-state index in [4.69, 9.17) is 16.3 Å². The molecule has 0 aliphatic rings. The molecule has 2 rings (SSSR count). The van der Waals surface area contributed by atoms with E-state index in [0.29, 0.717) is 17.0 Å². The lowest BCUT2D eigenvalue weighted by Gasteiger charge is -2.12. The minimum atomic E-state index is -0.506. The third kappa shape index (κ3) is 2.02. The van der Waals surface area contributed by atoms with E-state index in [1.165, 1.54) is 19.2 Å².